The van der Waals surface area contributed by atoms with Gasteiger partial charge in [-0.25, -0.2) is 0 Å². The normalized spacial score (nSPS) is 15.0. The second-order valence-electron chi connectivity index (χ2n) is 7.59. The fraction of sp³-hybridized carbons (Fsp3) is 0.348. The van der Waals surface area contributed by atoms with Crippen LogP contribution in [0.5, 0.6) is 5.75 Å². The van der Waals surface area contributed by atoms with Gasteiger partial charge < -0.3 is 14.6 Å². The number of carbonyl (C=O) groups is 1. The number of nitrogens with zero attached hydrogens (tertiary/aromatic N) is 1. The number of fused-ring (bicyclic) bond motifs is 1. The largest absolute Gasteiger partial charge is 0.497 e. The summed E-state index contributed by atoms with van der Waals surface area (Å²) in [6.45, 7) is 6.32. The molecular formula is C23H26N2O2. The molecule has 0 saturated heterocycles. The summed E-state index contributed by atoms with van der Waals surface area (Å²) >= 11 is 0. The SMILES string of the molecule is COc1ccc(N(C(=O)c2ccc3[nH]c(C)c(C)c3c2)C(C)C2CC2)cc1. The first kappa shape index (κ1) is 17.7. The number of rotatable bonds is 5. The van der Waals surface area contributed by atoms with Crippen molar-refractivity contribution in [3.63, 3.8) is 0 Å². The molecule has 4 rings (SSSR count). The minimum Gasteiger partial charge on any atom is -0.497 e. The van der Waals surface area contributed by atoms with Crippen LogP contribution in [0.25, 0.3) is 10.9 Å². The lowest BCUT2D eigenvalue weighted by Gasteiger charge is -2.30. The van der Waals surface area contributed by atoms with E-state index in [4.69, 9.17) is 4.74 Å². The Balaban J connectivity index is 1.74. The summed E-state index contributed by atoms with van der Waals surface area (Å²) in [6, 6.07) is 13.9. The van der Waals surface area contributed by atoms with Crippen molar-refractivity contribution in [2.45, 2.75) is 39.7 Å². The molecule has 27 heavy (non-hydrogen) atoms. The Morgan fingerprint density at radius 1 is 1.15 bits per heavy atom. The lowest BCUT2D eigenvalue weighted by atomic mass is 10.1. The van der Waals surface area contributed by atoms with Crippen LogP contribution in [0, 0.1) is 19.8 Å². The molecule has 1 unspecified atom stereocenters. The van der Waals surface area contributed by atoms with E-state index in [1.165, 1.54) is 18.4 Å². The van der Waals surface area contributed by atoms with Gasteiger partial charge in [0.25, 0.3) is 5.91 Å². The van der Waals surface area contributed by atoms with Gasteiger partial charge in [0.05, 0.1) is 7.11 Å². The third-order valence-electron chi connectivity index (χ3n) is 5.84. The molecule has 1 saturated carbocycles. The van der Waals surface area contributed by atoms with Crippen LogP contribution < -0.4 is 9.64 Å². The molecule has 1 aromatic heterocycles. The number of aromatic amines is 1. The molecule has 0 spiro atoms. The highest BCUT2D eigenvalue weighted by Gasteiger charge is 2.35. The van der Waals surface area contributed by atoms with Gasteiger partial charge in [0, 0.05) is 33.9 Å². The molecule has 1 aliphatic carbocycles. The minimum atomic E-state index is 0.0553. The highest BCUT2D eigenvalue weighted by molar-refractivity contribution is 6.08. The van der Waals surface area contributed by atoms with E-state index in [9.17, 15) is 4.79 Å². The van der Waals surface area contributed by atoms with Gasteiger partial charge in [-0.2, -0.15) is 0 Å². The number of anilines is 1. The second-order valence-corrected chi connectivity index (χ2v) is 7.59. The molecule has 1 atom stereocenters. The molecule has 1 aliphatic rings. The molecule has 1 N–H and O–H groups in total. The number of benzene rings is 2. The van der Waals surface area contributed by atoms with Gasteiger partial charge in [-0.15, -0.1) is 0 Å². The zero-order chi connectivity index (χ0) is 19.1. The van der Waals surface area contributed by atoms with Crippen molar-refractivity contribution in [2.24, 2.45) is 5.92 Å². The van der Waals surface area contributed by atoms with Gasteiger partial charge in [0.15, 0.2) is 0 Å². The van der Waals surface area contributed by atoms with E-state index in [0.29, 0.717) is 5.92 Å². The smallest absolute Gasteiger partial charge is 0.258 e. The predicted molar refractivity (Wildman–Crippen MR) is 110 cm³/mol. The van der Waals surface area contributed by atoms with Crippen molar-refractivity contribution in [1.29, 1.82) is 0 Å². The van der Waals surface area contributed by atoms with E-state index >= 15 is 0 Å². The maximum atomic E-state index is 13.5. The van der Waals surface area contributed by atoms with Crippen LogP contribution >= 0.6 is 0 Å². The molecule has 2 aromatic carbocycles. The number of hydrogen-bond donors (Lipinski definition) is 1. The molecule has 4 nitrogen and oxygen atoms in total. The van der Waals surface area contributed by atoms with E-state index in [0.717, 1.165) is 33.6 Å². The molecule has 3 aromatic rings. The monoisotopic (exact) mass is 362 g/mol. The molecule has 1 amide bonds. The lowest BCUT2D eigenvalue weighted by Crippen LogP contribution is -2.40. The Morgan fingerprint density at radius 3 is 2.48 bits per heavy atom. The van der Waals surface area contributed by atoms with Gasteiger partial charge in [-0.3, -0.25) is 4.79 Å². The van der Waals surface area contributed by atoms with Crippen molar-refractivity contribution >= 4 is 22.5 Å². The van der Waals surface area contributed by atoms with E-state index in [1.807, 2.05) is 47.4 Å². The van der Waals surface area contributed by atoms with E-state index < -0.39 is 0 Å². The van der Waals surface area contributed by atoms with Crippen molar-refractivity contribution in [1.82, 2.24) is 4.98 Å². The van der Waals surface area contributed by atoms with Crippen molar-refractivity contribution < 1.29 is 9.53 Å². The number of carbonyl (C=O) groups excluding carboxylic acids is 1. The van der Waals surface area contributed by atoms with Crippen molar-refractivity contribution in [2.75, 3.05) is 12.0 Å². The number of aryl methyl sites for hydroxylation is 2. The average Bonchev–Trinajstić information content (AvgIpc) is 3.49. The third-order valence-corrected chi connectivity index (χ3v) is 5.84. The van der Waals surface area contributed by atoms with Crippen molar-refractivity contribution in [3.05, 3.63) is 59.3 Å². The third kappa shape index (κ3) is 3.20. The summed E-state index contributed by atoms with van der Waals surface area (Å²) in [5.74, 6) is 1.43. The summed E-state index contributed by atoms with van der Waals surface area (Å²) in [7, 11) is 1.65. The van der Waals surface area contributed by atoms with E-state index in [2.05, 4.69) is 25.8 Å². The highest BCUT2D eigenvalue weighted by Crippen LogP contribution is 2.38. The van der Waals surface area contributed by atoms with Gasteiger partial charge >= 0.3 is 0 Å². The molecule has 0 radical (unpaired) electrons. The number of methoxy groups -OCH3 is 1. The summed E-state index contributed by atoms with van der Waals surface area (Å²) in [6.07, 6.45) is 2.38. The van der Waals surface area contributed by atoms with Crippen LogP contribution in [0.15, 0.2) is 42.5 Å². The topological polar surface area (TPSA) is 45.3 Å². The maximum absolute atomic E-state index is 13.5. The Hall–Kier alpha value is -2.75. The number of ether oxygens (including phenoxy) is 1. The Kier molecular flexibility index (Phi) is 4.42. The first-order valence-electron chi connectivity index (χ1n) is 9.56. The highest BCUT2D eigenvalue weighted by atomic mass is 16.5. The van der Waals surface area contributed by atoms with Crippen LogP contribution in [-0.4, -0.2) is 24.0 Å². The minimum absolute atomic E-state index is 0.0553. The molecule has 0 bridgehead atoms. The quantitative estimate of drug-likeness (QED) is 0.675. The number of hydrogen-bond acceptors (Lipinski definition) is 2. The van der Waals surface area contributed by atoms with Crippen LogP contribution in [0.4, 0.5) is 5.69 Å². The van der Waals surface area contributed by atoms with Crippen molar-refractivity contribution in [3.8, 4) is 5.75 Å². The number of aromatic nitrogens is 1. The van der Waals surface area contributed by atoms with Gasteiger partial charge in [-0.1, -0.05) is 0 Å². The zero-order valence-corrected chi connectivity index (χ0v) is 16.4. The second kappa shape index (κ2) is 6.76. The first-order valence-corrected chi connectivity index (χ1v) is 9.56. The van der Waals surface area contributed by atoms with E-state index in [1.54, 1.807) is 7.11 Å². The predicted octanol–water partition coefficient (Wildman–Crippen LogP) is 5.24. The molecule has 0 aliphatic heterocycles. The van der Waals surface area contributed by atoms with Gasteiger partial charge in [0.1, 0.15) is 5.75 Å². The summed E-state index contributed by atoms with van der Waals surface area (Å²) in [5.41, 5.74) is 5.07. The summed E-state index contributed by atoms with van der Waals surface area (Å²) < 4.78 is 5.27. The number of H-pyrrole nitrogens is 1. The Morgan fingerprint density at radius 2 is 1.85 bits per heavy atom. The van der Waals surface area contributed by atoms with Crippen LogP contribution in [0.2, 0.25) is 0 Å². The lowest BCUT2D eigenvalue weighted by molar-refractivity contribution is 0.0976. The molecular weight excluding hydrogens is 336 g/mol. The number of amides is 1. The van der Waals surface area contributed by atoms with E-state index in [-0.39, 0.29) is 11.9 Å². The number of nitrogens with one attached hydrogen (secondary N) is 1. The molecule has 4 heteroatoms. The summed E-state index contributed by atoms with van der Waals surface area (Å²) in [4.78, 5) is 18.8. The Labute approximate surface area is 160 Å². The average molecular weight is 362 g/mol. The van der Waals surface area contributed by atoms with Crippen LogP contribution in [-0.2, 0) is 0 Å². The summed E-state index contributed by atoms with van der Waals surface area (Å²) in [5, 5.41) is 1.12. The van der Waals surface area contributed by atoms with Gasteiger partial charge in [-0.05, 0) is 87.6 Å². The zero-order valence-electron chi connectivity index (χ0n) is 16.4. The Bertz CT molecular complexity index is 984. The molecule has 1 heterocycles. The molecule has 1 fully saturated rings. The fourth-order valence-electron chi connectivity index (χ4n) is 3.80. The maximum Gasteiger partial charge on any atom is 0.258 e. The van der Waals surface area contributed by atoms with Crippen LogP contribution in [0.3, 0.4) is 0 Å². The molecule has 140 valence electrons. The van der Waals surface area contributed by atoms with Gasteiger partial charge in [0.2, 0.25) is 0 Å². The first-order chi connectivity index (χ1) is 13.0. The van der Waals surface area contributed by atoms with Crippen LogP contribution in [0.1, 0.15) is 41.4 Å². The standard InChI is InChI=1S/C23H26N2O2/c1-14-15(2)24-22-12-7-18(13-21(14)22)23(26)25(16(3)17-5-6-17)19-8-10-20(27-4)11-9-19/h7-13,16-17,24H,5-6H2,1-4H3. The fourth-order valence-corrected chi connectivity index (χ4v) is 3.80.